The van der Waals surface area contributed by atoms with Crippen molar-refractivity contribution in [2.24, 2.45) is 4.99 Å². The van der Waals surface area contributed by atoms with Crippen molar-refractivity contribution in [3.63, 3.8) is 0 Å². The molecule has 0 aliphatic carbocycles. The topological polar surface area (TPSA) is 86.9 Å². The minimum absolute atomic E-state index is 0.0125. The standard InChI is InChI=1S/C32H42N6O3S2Si/c1-23(43-42-7)40-26-18-28(38-22-35-29-30(36-21-37(5)6)33-20-34-31(29)38)41-27(26)19-39-44(32(2,3)4,24-14-10-8-11-15-24)25-16-12-9-13-17-25/h8-17,20-23,26-28H,18-19H2,1-7H3/t23-,26+,27+,28+/m0/s1. The Morgan fingerprint density at radius 1 is 1.07 bits per heavy atom. The highest BCUT2D eigenvalue weighted by atomic mass is 33.1. The lowest BCUT2D eigenvalue weighted by molar-refractivity contribution is -0.0599. The lowest BCUT2D eigenvalue weighted by atomic mass is 10.2. The molecule has 1 aliphatic heterocycles. The maximum atomic E-state index is 7.30. The lowest BCUT2D eigenvalue weighted by Gasteiger charge is -2.43. The van der Waals surface area contributed by atoms with Gasteiger partial charge in [-0.05, 0) is 28.6 Å². The fraction of sp³-hybridized carbons (Fsp3) is 0.438. The molecule has 0 N–H and O–H groups in total. The second-order valence-electron chi connectivity index (χ2n) is 12.1. The van der Waals surface area contributed by atoms with E-state index in [2.05, 4.69) is 115 Å². The predicted octanol–water partition coefficient (Wildman–Crippen LogP) is 5.65. The first-order valence-electron chi connectivity index (χ1n) is 14.8. The van der Waals surface area contributed by atoms with Crippen molar-refractivity contribution in [1.82, 2.24) is 24.4 Å². The first-order valence-corrected chi connectivity index (χ1v) is 19.3. The van der Waals surface area contributed by atoms with Gasteiger partial charge in [0.2, 0.25) is 0 Å². The highest BCUT2D eigenvalue weighted by molar-refractivity contribution is 8.76. The number of hydrogen-bond donors (Lipinski definition) is 0. The van der Waals surface area contributed by atoms with Crippen LogP contribution in [0.1, 0.15) is 40.3 Å². The van der Waals surface area contributed by atoms with Crippen LogP contribution in [0.4, 0.5) is 5.82 Å². The maximum Gasteiger partial charge on any atom is 0.261 e. The summed E-state index contributed by atoms with van der Waals surface area (Å²) in [5.41, 5.74) is 1.29. The number of ether oxygens (including phenoxy) is 2. The fourth-order valence-electron chi connectivity index (χ4n) is 5.85. The van der Waals surface area contributed by atoms with Gasteiger partial charge in [0, 0.05) is 20.5 Å². The Morgan fingerprint density at radius 2 is 1.73 bits per heavy atom. The van der Waals surface area contributed by atoms with Gasteiger partial charge in [-0.2, -0.15) is 0 Å². The molecular formula is C32H42N6O3S2Si. The summed E-state index contributed by atoms with van der Waals surface area (Å²) in [5, 5.41) is 2.33. The molecule has 2 aromatic carbocycles. The highest BCUT2D eigenvalue weighted by Crippen LogP contribution is 2.40. The number of aliphatic imine (C=N–C) groups is 1. The zero-order valence-corrected chi connectivity index (χ0v) is 29.1. The Hall–Kier alpha value is -2.74. The van der Waals surface area contributed by atoms with E-state index in [0.717, 1.165) is 0 Å². The quantitative estimate of drug-likeness (QED) is 0.0635. The average Bonchev–Trinajstić information content (AvgIpc) is 3.61. The number of rotatable bonds is 12. The van der Waals surface area contributed by atoms with Crippen molar-refractivity contribution >= 4 is 63.6 Å². The lowest BCUT2D eigenvalue weighted by Crippen LogP contribution is -2.67. The van der Waals surface area contributed by atoms with Crippen molar-refractivity contribution in [1.29, 1.82) is 0 Å². The average molecular weight is 651 g/mol. The molecule has 5 rings (SSSR count). The number of benzene rings is 2. The molecule has 3 heterocycles. The molecule has 9 nitrogen and oxygen atoms in total. The summed E-state index contributed by atoms with van der Waals surface area (Å²) in [6, 6.07) is 21.4. The zero-order chi connectivity index (χ0) is 31.3. The SMILES string of the molecule is CSS[C@@H](C)O[C@@H]1C[C@H](n2cnc3c(N=CN(C)C)ncnc32)O[C@@H]1CO[Si](c1ccccc1)(c1ccccc1)C(C)(C)C. The summed E-state index contributed by atoms with van der Waals surface area (Å²) >= 11 is 0. The third-order valence-electron chi connectivity index (χ3n) is 7.72. The third kappa shape index (κ3) is 6.90. The molecule has 0 saturated carbocycles. The van der Waals surface area contributed by atoms with Crippen LogP contribution in [-0.2, 0) is 13.9 Å². The minimum Gasteiger partial charge on any atom is -0.405 e. The first kappa shape index (κ1) is 32.6. The van der Waals surface area contributed by atoms with Crippen LogP contribution < -0.4 is 10.4 Å². The highest BCUT2D eigenvalue weighted by Gasteiger charge is 2.51. The molecule has 4 atom stereocenters. The summed E-state index contributed by atoms with van der Waals surface area (Å²) in [4.78, 5) is 19.9. The summed E-state index contributed by atoms with van der Waals surface area (Å²) in [6.07, 6.45) is 6.89. The van der Waals surface area contributed by atoms with Crippen molar-refractivity contribution in [3.05, 3.63) is 73.3 Å². The summed E-state index contributed by atoms with van der Waals surface area (Å²) < 4.78 is 22.7. The van der Waals surface area contributed by atoms with Gasteiger partial charge in [0.15, 0.2) is 17.0 Å². The molecule has 1 fully saturated rings. The molecule has 1 saturated heterocycles. The molecule has 0 amide bonds. The summed E-state index contributed by atoms with van der Waals surface area (Å²) in [7, 11) is 4.46. The molecule has 44 heavy (non-hydrogen) atoms. The molecule has 4 aromatic rings. The van der Waals surface area contributed by atoms with Crippen LogP contribution in [0.5, 0.6) is 0 Å². The van der Waals surface area contributed by atoms with E-state index in [1.807, 2.05) is 23.6 Å². The monoisotopic (exact) mass is 650 g/mol. The van der Waals surface area contributed by atoms with Crippen LogP contribution in [0.2, 0.25) is 5.04 Å². The Labute approximate surface area is 269 Å². The van der Waals surface area contributed by atoms with E-state index in [4.69, 9.17) is 13.9 Å². The van der Waals surface area contributed by atoms with Crippen molar-refractivity contribution < 1.29 is 13.9 Å². The first-order chi connectivity index (χ1) is 21.1. The second-order valence-corrected chi connectivity index (χ2v) is 19.1. The minimum atomic E-state index is -2.76. The van der Waals surface area contributed by atoms with Gasteiger partial charge >= 0.3 is 0 Å². The zero-order valence-electron chi connectivity index (χ0n) is 26.5. The van der Waals surface area contributed by atoms with E-state index in [-0.39, 0.29) is 28.9 Å². The van der Waals surface area contributed by atoms with E-state index in [0.29, 0.717) is 30.0 Å². The Bertz CT molecular complexity index is 1490. The van der Waals surface area contributed by atoms with Gasteiger partial charge in [-0.15, -0.1) is 0 Å². The Balaban J connectivity index is 1.48. The molecule has 0 radical (unpaired) electrons. The molecule has 12 heteroatoms. The van der Waals surface area contributed by atoms with Crippen LogP contribution >= 0.6 is 21.6 Å². The van der Waals surface area contributed by atoms with E-state index < -0.39 is 8.32 Å². The summed E-state index contributed by atoms with van der Waals surface area (Å²) in [5.74, 6) is 0.518. The Kier molecular flexibility index (Phi) is 10.5. The predicted molar refractivity (Wildman–Crippen MR) is 185 cm³/mol. The van der Waals surface area contributed by atoms with Crippen LogP contribution in [0.15, 0.2) is 78.3 Å². The molecule has 2 aromatic heterocycles. The molecule has 0 spiro atoms. The van der Waals surface area contributed by atoms with Gasteiger partial charge in [-0.1, -0.05) is 103 Å². The van der Waals surface area contributed by atoms with E-state index in [1.165, 1.54) is 16.7 Å². The molecule has 0 bridgehead atoms. The number of aromatic nitrogens is 4. The van der Waals surface area contributed by atoms with Gasteiger partial charge < -0.3 is 18.8 Å². The Morgan fingerprint density at radius 3 is 2.32 bits per heavy atom. The van der Waals surface area contributed by atoms with Crippen LogP contribution in [0.3, 0.4) is 0 Å². The van der Waals surface area contributed by atoms with Gasteiger partial charge in [0.05, 0.1) is 25.4 Å². The van der Waals surface area contributed by atoms with Crippen LogP contribution in [0, 0.1) is 0 Å². The molecule has 0 unspecified atom stereocenters. The summed E-state index contributed by atoms with van der Waals surface area (Å²) in [6.45, 7) is 9.34. The number of fused-ring (bicyclic) bond motifs is 1. The fourth-order valence-corrected chi connectivity index (χ4v) is 11.8. The van der Waals surface area contributed by atoms with E-state index in [1.54, 1.807) is 34.3 Å². The van der Waals surface area contributed by atoms with Crippen LogP contribution in [-0.4, -0.2) is 83.7 Å². The van der Waals surface area contributed by atoms with Gasteiger partial charge in [-0.3, -0.25) is 4.57 Å². The van der Waals surface area contributed by atoms with Gasteiger partial charge in [0.25, 0.3) is 8.32 Å². The van der Waals surface area contributed by atoms with Crippen molar-refractivity contribution in [2.45, 2.75) is 63.0 Å². The molecule has 1 aliphatic rings. The normalized spacial score (nSPS) is 20.0. The third-order valence-corrected chi connectivity index (χ3v) is 14.7. The van der Waals surface area contributed by atoms with Gasteiger partial charge in [-0.25, -0.2) is 19.9 Å². The van der Waals surface area contributed by atoms with E-state index in [9.17, 15) is 0 Å². The molecular weight excluding hydrogens is 609 g/mol. The number of imidazole rings is 1. The number of nitrogens with zero attached hydrogens (tertiary/aromatic N) is 6. The van der Waals surface area contributed by atoms with Crippen LogP contribution in [0.25, 0.3) is 11.2 Å². The van der Waals surface area contributed by atoms with E-state index >= 15 is 0 Å². The molecule has 234 valence electrons. The second kappa shape index (κ2) is 14.1. The maximum absolute atomic E-state index is 7.30. The smallest absolute Gasteiger partial charge is 0.261 e. The van der Waals surface area contributed by atoms with Gasteiger partial charge in [0.1, 0.15) is 24.1 Å². The number of hydrogen-bond acceptors (Lipinski definition) is 9. The van der Waals surface area contributed by atoms with Crippen molar-refractivity contribution in [2.75, 3.05) is 27.0 Å². The van der Waals surface area contributed by atoms with Crippen molar-refractivity contribution in [3.8, 4) is 0 Å². The largest absolute Gasteiger partial charge is 0.405 e.